The van der Waals surface area contributed by atoms with E-state index in [4.69, 9.17) is 0 Å². The summed E-state index contributed by atoms with van der Waals surface area (Å²) >= 11 is 1.99. The highest BCUT2D eigenvalue weighted by molar-refractivity contribution is 14.1. The van der Waals surface area contributed by atoms with Crippen molar-refractivity contribution >= 4 is 49.8 Å². The van der Waals surface area contributed by atoms with Crippen molar-refractivity contribution < 1.29 is 12.8 Å². The highest BCUT2D eigenvalue weighted by atomic mass is 127. The summed E-state index contributed by atoms with van der Waals surface area (Å²) in [6, 6.07) is 12.4. The summed E-state index contributed by atoms with van der Waals surface area (Å²) in [5.41, 5.74) is 1.22. The number of rotatable bonds is 5. The molecule has 0 atom stereocenters. The van der Waals surface area contributed by atoms with Gasteiger partial charge in [0.1, 0.15) is 11.6 Å². The van der Waals surface area contributed by atoms with Crippen molar-refractivity contribution in [1.82, 2.24) is 4.57 Å². The first-order chi connectivity index (χ1) is 13.6. The van der Waals surface area contributed by atoms with Crippen LogP contribution in [0.5, 0.6) is 0 Å². The molecule has 2 aromatic carbocycles. The zero-order chi connectivity index (χ0) is 21.3. The van der Waals surface area contributed by atoms with Gasteiger partial charge in [0.2, 0.25) is 0 Å². The molecule has 0 saturated carbocycles. The lowest BCUT2D eigenvalue weighted by Gasteiger charge is -2.18. The fraction of sp³-hybridized carbons (Fsp3) is 0.150. The van der Waals surface area contributed by atoms with E-state index in [0.29, 0.717) is 9.13 Å². The zero-order valence-corrected chi connectivity index (χ0v) is 18.9. The Labute approximate surface area is 182 Å². The number of hydrogen-bond acceptors (Lipinski definition) is 4. The van der Waals surface area contributed by atoms with Crippen molar-refractivity contribution in [1.29, 1.82) is 0 Å². The Balaban J connectivity index is 2.08. The Morgan fingerprint density at radius 3 is 2.28 bits per heavy atom. The standard InChI is InChI=1S/C20H19FIN3O3S/c1-12-4-7-15(8-5-12)29(27,28)24-18-10-13(2)20(26)25(3)19(18)23-17-9-6-14(22)11-16(17)21/h4-11,23-24H,1-3H3. The van der Waals surface area contributed by atoms with Crippen LogP contribution in [0.25, 0.3) is 0 Å². The van der Waals surface area contributed by atoms with Crippen LogP contribution in [0.3, 0.4) is 0 Å². The Morgan fingerprint density at radius 1 is 1.00 bits per heavy atom. The van der Waals surface area contributed by atoms with Gasteiger partial charge in [0.05, 0.1) is 16.3 Å². The fourth-order valence-corrected chi connectivity index (χ4v) is 4.27. The van der Waals surface area contributed by atoms with Gasteiger partial charge < -0.3 is 5.32 Å². The van der Waals surface area contributed by atoms with E-state index in [1.54, 1.807) is 25.1 Å². The zero-order valence-electron chi connectivity index (χ0n) is 16.0. The molecule has 1 aromatic heterocycles. The summed E-state index contributed by atoms with van der Waals surface area (Å²) in [6.07, 6.45) is 0. The number of nitrogens with one attached hydrogen (secondary N) is 2. The molecule has 0 spiro atoms. The van der Waals surface area contributed by atoms with Crippen molar-refractivity contribution in [3.63, 3.8) is 0 Å². The minimum Gasteiger partial charge on any atom is -0.337 e. The number of aromatic nitrogens is 1. The minimum atomic E-state index is -3.91. The number of halogens is 2. The van der Waals surface area contributed by atoms with Gasteiger partial charge in [-0.15, -0.1) is 0 Å². The number of anilines is 3. The molecule has 29 heavy (non-hydrogen) atoms. The second-order valence-electron chi connectivity index (χ2n) is 6.62. The Kier molecular flexibility index (Phi) is 5.99. The van der Waals surface area contributed by atoms with Crippen molar-refractivity contribution in [3.8, 4) is 0 Å². The lowest BCUT2D eigenvalue weighted by atomic mass is 10.2. The maximum Gasteiger partial charge on any atom is 0.262 e. The van der Waals surface area contributed by atoms with Gasteiger partial charge in [0.15, 0.2) is 0 Å². The number of pyridine rings is 1. The maximum absolute atomic E-state index is 14.3. The van der Waals surface area contributed by atoms with Crippen molar-refractivity contribution in [2.24, 2.45) is 7.05 Å². The molecule has 0 aliphatic rings. The highest BCUT2D eigenvalue weighted by Gasteiger charge is 2.19. The van der Waals surface area contributed by atoms with E-state index in [9.17, 15) is 17.6 Å². The smallest absolute Gasteiger partial charge is 0.262 e. The third-order valence-corrected chi connectivity index (χ3v) is 6.41. The van der Waals surface area contributed by atoms with Crippen LogP contribution in [0.4, 0.5) is 21.6 Å². The molecule has 2 N–H and O–H groups in total. The van der Waals surface area contributed by atoms with Gasteiger partial charge in [0, 0.05) is 16.2 Å². The van der Waals surface area contributed by atoms with E-state index >= 15 is 0 Å². The normalized spacial score (nSPS) is 11.3. The molecule has 3 rings (SSSR count). The van der Waals surface area contributed by atoms with Gasteiger partial charge >= 0.3 is 0 Å². The average Bonchev–Trinajstić information content (AvgIpc) is 2.65. The van der Waals surface area contributed by atoms with E-state index < -0.39 is 15.8 Å². The molecule has 0 aliphatic carbocycles. The lowest BCUT2D eigenvalue weighted by molar-refractivity contribution is 0.601. The molecular formula is C20H19FIN3O3S. The maximum atomic E-state index is 14.3. The molecule has 0 amide bonds. The van der Waals surface area contributed by atoms with E-state index in [1.807, 2.05) is 29.5 Å². The number of nitrogens with zero attached hydrogens (tertiary/aromatic N) is 1. The predicted molar refractivity (Wildman–Crippen MR) is 121 cm³/mol. The number of aryl methyl sites for hydroxylation is 2. The summed E-state index contributed by atoms with van der Waals surface area (Å²) in [4.78, 5) is 12.5. The van der Waals surface area contributed by atoms with E-state index in [0.717, 1.165) is 5.56 Å². The van der Waals surface area contributed by atoms with Crippen molar-refractivity contribution in [2.45, 2.75) is 18.7 Å². The van der Waals surface area contributed by atoms with Gasteiger partial charge in [-0.2, -0.15) is 0 Å². The molecule has 0 radical (unpaired) electrons. The van der Waals surface area contributed by atoms with Crippen molar-refractivity contribution in [2.75, 3.05) is 10.0 Å². The molecule has 3 aromatic rings. The predicted octanol–water partition coefficient (Wildman–Crippen LogP) is 4.29. The Bertz CT molecular complexity index is 1240. The second kappa shape index (κ2) is 8.15. The summed E-state index contributed by atoms with van der Waals surface area (Å²) in [5.74, 6) is -0.381. The molecule has 152 valence electrons. The van der Waals surface area contributed by atoms with Crippen molar-refractivity contribution in [3.05, 3.63) is 79.4 Å². The summed E-state index contributed by atoms with van der Waals surface area (Å²) in [5, 5.41) is 2.85. The molecule has 0 fully saturated rings. The van der Waals surface area contributed by atoms with Crippen LogP contribution < -0.4 is 15.6 Å². The van der Waals surface area contributed by atoms with Gasteiger partial charge in [-0.3, -0.25) is 14.1 Å². The molecule has 1 heterocycles. The van der Waals surface area contributed by atoms with Crippen LogP contribution in [-0.4, -0.2) is 13.0 Å². The van der Waals surface area contributed by atoms with E-state index in [-0.39, 0.29) is 27.6 Å². The lowest BCUT2D eigenvalue weighted by Crippen LogP contribution is -2.24. The van der Waals surface area contributed by atoms with Gasteiger partial charge in [0.25, 0.3) is 15.6 Å². The Hall–Kier alpha value is -2.40. The van der Waals surface area contributed by atoms with E-state index in [1.165, 1.54) is 41.9 Å². The summed E-state index contributed by atoms with van der Waals surface area (Å²) < 4.78 is 44.5. The molecule has 6 nitrogen and oxygen atoms in total. The molecule has 0 bridgehead atoms. The topological polar surface area (TPSA) is 80.2 Å². The van der Waals surface area contributed by atoms with Crippen LogP contribution in [0.1, 0.15) is 11.1 Å². The number of sulfonamides is 1. The highest BCUT2D eigenvalue weighted by Crippen LogP contribution is 2.29. The largest absolute Gasteiger partial charge is 0.337 e. The molecular weight excluding hydrogens is 508 g/mol. The fourth-order valence-electron chi connectivity index (χ4n) is 2.76. The van der Waals surface area contributed by atoms with E-state index in [2.05, 4.69) is 10.0 Å². The molecule has 0 aliphatic heterocycles. The van der Waals surface area contributed by atoms with Gasteiger partial charge in [-0.05, 0) is 72.8 Å². The monoisotopic (exact) mass is 527 g/mol. The first-order valence-corrected chi connectivity index (χ1v) is 11.2. The first-order valence-electron chi connectivity index (χ1n) is 8.60. The van der Waals surface area contributed by atoms with Crippen LogP contribution in [0.2, 0.25) is 0 Å². The number of hydrogen-bond donors (Lipinski definition) is 2. The first kappa shape index (κ1) is 21.3. The molecule has 0 saturated heterocycles. The minimum absolute atomic E-state index is 0.0843. The SMILES string of the molecule is Cc1ccc(S(=O)(=O)Nc2cc(C)c(=O)n(C)c2Nc2ccc(I)cc2F)cc1. The third kappa shape index (κ3) is 4.61. The molecule has 9 heteroatoms. The quantitative estimate of drug-likeness (QED) is 0.486. The summed E-state index contributed by atoms with van der Waals surface area (Å²) in [6.45, 7) is 3.44. The third-order valence-electron chi connectivity index (χ3n) is 4.35. The van der Waals surface area contributed by atoms with Crippen LogP contribution >= 0.6 is 22.6 Å². The second-order valence-corrected chi connectivity index (χ2v) is 9.55. The molecule has 0 unspecified atom stereocenters. The number of benzene rings is 2. The van der Waals surface area contributed by atoms with Crippen LogP contribution in [0.15, 0.2) is 58.2 Å². The van der Waals surface area contributed by atoms with Crippen LogP contribution in [-0.2, 0) is 17.1 Å². The van der Waals surface area contributed by atoms with Gasteiger partial charge in [-0.25, -0.2) is 12.8 Å². The van der Waals surface area contributed by atoms with Gasteiger partial charge in [-0.1, -0.05) is 17.7 Å². The average molecular weight is 527 g/mol. The Morgan fingerprint density at radius 2 is 1.66 bits per heavy atom. The summed E-state index contributed by atoms with van der Waals surface area (Å²) in [7, 11) is -2.42. The van der Waals surface area contributed by atoms with Crippen LogP contribution in [0, 0.1) is 23.2 Å².